The quantitative estimate of drug-likeness (QED) is 0.723. The molecule has 0 aliphatic carbocycles. The van der Waals surface area contributed by atoms with Crippen molar-refractivity contribution in [3.63, 3.8) is 0 Å². The number of carbonyl (C=O) groups is 1. The number of rotatable bonds is 8. The van der Waals surface area contributed by atoms with Gasteiger partial charge in [-0.05, 0) is 37.6 Å². The van der Waals surface area contributed by atoms with E-state index in [1.54, 1.807) is 19.2 Å². The van der Waals surface area contributed by atoms with Crippen molar-refractivity contribution in [2.24, 2.45) is 0 Å². The van der Waals surface area contributed by atoms with Crippen molar-refractivity contribution in [2.45, 2.75) is 29.5 Å². The molecule has 2 atom stereocenters. The van der Waals surface area contributed by atoms with Gasteiger partial charge in [0.2, 0.25) is 5.91 Å². The van der Waals surface area contributed by atoms with Crippen LogP contribution in [0.15, 0.2) is 29.2 Å². The molecule has 1 aromatic rings. The second-order valence-electron chi connectivity index (χ2n) is 4.39. The summed E-state index contributed by atoms with van der Waals surface area (Å²) in [6.07, 6.45) is 0.484. The first-order valence-electron chi connectivity index (χ1n) is 6.39. The van der Waals surface area contributed by atoms with E-state index in [-0.39, 0.29) is 23.8 Å². The minimum atomic E-state index is -0.228. The highest BCUT2D eigenvalue weighted by Gasteiger charge is 2.18. The van der Waals surface area contributed by atoms with E-state index in [2.05, 4.69) is 5.32 Å². The average Bonchev–Trinajstić information content (AvgIpc) is 2.42. The van der Waals surface area contributed by atoms with Gasteiger partial charge in [0.1, 0.15) is 0 Å². The van der Waals surface area contributed by atoms with Gasteiger partial charge in [0, 0.05) is 23.6 Å². The van der Waals surface area contributed by atoms with Gasteiger partial charge in [0.15, 0.2) is 0 Å². The van der Waals surface area contributed by atoms with Gasteiger partial charge in [-0.25, -0.2) is 0 Å². The highest BCUT2D eigenvalue weighted by Crippen LogP contribution is 2.24. The average molecular weight is 318 g/mol. The lowest BCUT2D eigenvalue weighted by atomic mass is 10.2. The molecule has 112 valence electrons. The highest BCUT2D eigenvalue weighted by molar-refractivity contribution is 8.00. The number of benzene rings is 1. The first-order chi connectivity index (χ1) is 9.56. The Kier molecular flexibility index (Phi) is 7.99. The molecule has 0 spiro atoms. The molecule has 0 saturated carbocycles. The number of aliphatic hydroxyl groups is 1. The molecule has 4 nitrogen and oxygen atoms in total. The van der Waals surface area contributed by atoms with E-state index < -0.39 is 0 Å². The SMILES string of the molecule is COCC(CCO)NC(=O)C(C)Sc1ccc(Cl)cc1. The van der Waals surface area contributed by atoms with E-state index in [1.165, 1.54) is 11.8 Å². The predicted molar refractivity (Wildman–Crippen MR) is 82.3 cm³/mol. The molecule has 0 aromatic heterocycles. The van der Waals surface area contributed by atoms with Crippen molar-refractivity contribution >= 4 is 29.3 Å². The third-order valence-corrected chi connectivity index (χ3v) is 4.05. The Morgan fingerprint density at radius 2 is 2.10 bits per heavy atom. The van der Waals surface area contributed by atoms with Crippen LogP contribution in [-0.4, -0.2) is 42.6 Å². The third-order valence-electron chi connectivity index (χ3n) is 2.69. The van der Waals surface area contributed by atoms with Gasteiger partial charge >= 0.3 is 0 Å². The third kappa shape index (κ3) is 6.13. The Balaban J connectivity index is 2.50. The van der Waals surface area contributed by atoms with E-state index in [1.807, 2.05) is 19.1 Å². The molecule has 0 heterocycles. The molecule has 2 unspecified atom stereocenters. The van der Waals surface area contributed by atoms with E-state index in [4.69, 9.17) is 21.4 Å². The maximum atomic E-state index is 12.1. The van der Waals surface area contributed by atoms with Crippen LogP contribution in [0.2, 0.25) is 5.02 Å². The number of halogens is 1. The van der Waals surface area contributed by atoms with Crippen LogP contribution in [0, 0.1) is 0 Å². The molecule has 20 heavy (non-hydrogen) atoms. The second-order valence-corrected chi connectivity index (χ2v) is 6.24. The van der Waals surface area contributed by atoms with Gasteiger partial charge in [0.05, 0.1) is 17.9 Å². The zero-order chi connectivity index (χ0) is 15.0. The number of hydrogen-bond donors (Lipinski definition) is 2. The molecule has 6 heteroatoms. The normalized spacial score (nSPS) is 13.8. The minimum absolute atomic E-state index is 0.0208. The molecule has 2 N–H and O–H groups in total. The first kappa shape index (κ1) is 17.3. The van der Waals surface area contributed by atoms with Crippen molar-refractivity contribution in [2.75, 3.05) is 20.3 Å². The summed E-state index contributed by atoms with van der Waals surface area (Å²) in [6.45, 7) is 2.26. The summed E-state index contributed by atoms with van der Waals surface area (Å²) in [5, 5.41) is 12.3. The number of hydrogen-bond acceptors (Lipinski definition) is 4. The fourth-order valence-corrected chi connectivity index (χ4v) is 2.65. The van der Waals surface area contributed by atoms with Crippen LogP contribution in [0.5, 0.6) is 0 Å². The zero-order valence-corrected chi connectivity index (χ0v) is 13.2. The molecule has 0 aliphatic rings. The van der Waals surface area contributed by atoms with Gasteiger partial charge in [-0.15, -0.1) is 11.8 Å². The summed E-state index contributed by atoms with van der Waals surface area (Å²) in [4.78, 5) is 13.1. The van der Waals surface area contributed by atoms with Crippen LogP contribution in [0.3, 0.4) is 0 Å². The van der Waals surface area contributed by atoms with Crippen LogP contribution in [-0.2, 0) is 9.53 Å². The van der Waals surface area contributed by atoms with Gasteiger partial charge in [-0.2, -0.15) is 0 Å². The Bertz CT molecular complexity index is 407. The van der Waals surface area contributed by atoms with Gasteiger partial charge in [-0.1, -0.05) is 11.6 Å². The van der Waals surface area contributed by atoms with Crippen LogP contribution >= 0.6 is 23.4 Å². The monoisotopic (exact) mass is 317 g/mol. The Morgan fingerprint density at radius 1 is 1.45 bits per heavy atom. The fourth-order valence-electron chi connectivity index (χ4n) is 1.64. The Hall–Kier alpha value is -0.750. The predicted octanol–water partition coefficient (Wildman–Crippen LogP) is 2.33. The van der Waals surface area contributed by atoms with Crippen molar-refractivity contribution in [1.29, 1.82) is 0 Å². The van der Waals surface area contributed by atoms with Crippen molar-refractivity contribution < 1.29 is 14.6 Å². The summed E-state index contributed by atoms with van der Waals surface area (Å²) in [7, 11) is 1.57. The Morgan fingerprint density at radius 3 is 2.65 bits per heavy atom. The van der Waals surface area contributed by atoms with Gasteiger partial charge in [0.25, 0.3) is 0 Å². The maximum absolute atomic E-state index is 12.1. The molecule has 0 bridgehead atoms. The van der Waals surface area contributed by atoms with Crippen molar-refractivity contribution in [3.8, 4) is 0 Å². The summed E-state index contributed by atoms with van der Waals surface area (Å²) in [5.41, 5.74) is 0. The number of amides is 1. The van der Waals surface area contributed by atoms with E-state index in [0.717, 1.165) is 4.90 Å². The zero-order valence-electron chi connectivity index (χ0n) is 11.6. The van der Waals surface area contributed by atoms with Gasteiger partial charge < -0.3 is 15.2 Å². The van der Waals surface area contributed by atoms with E-state index in [0.29, 0.717) is 18.1 Å². The Labute approximate surface area is 128 Å². The lowest BCUT2D eigenvalue weighted by molar-refractivity contribution is -0.121. The number of aliphatic hydroxyl groups excluding tert-OH is 1. The molecule has 0 fully saturated rings. The number of nitrogens with one attached hydrogen (secondary N) is 1. The summed E-state index contributed by atoms with van der Waals surface area (Å²) in [6, 6.07) is 7.21. The molecule has 1 amide bonds. The second kappa shape index (κ2) is 9.23. The molecule has 0 aliphatic heterocycles. The molecule has 0 radical (unpaired) electrons. The van der Waals surface area contributed by atoms with Crippen LogP contribution in [0.1, 0.15) is 13.3 Å². The van der Waals surface area contributed by atoms with Crippen LogP contribution in [0.25, 0.3) is 0 Å². The van der Waals surface area contributed by atoms with Gasteiger partial charge in [-0.3, -0.25) is 4.79 Å². The number of methoxy groups -OCH3 is 1. The largest absolute Gasteiger partial charge is 0.396 e. The first-order valence-corrected chi connectivity index (χ1v) is 7.65. The highest BCUT2D eigenvalue weighted by atomic mass is 35.5. The van der Waals surface area contributed by atoms with E-state index in [9.17, 15) is 4.79 Å². The fraction of sp³-hybridized carbons (Fsp3) is 0.500. The van der Waals surface area contributed by atoms with Crippen LogP contribution in [0.4, 0.5) is 0 Å². The summed E-state index contributed by atoms with van der Waals surface area (Å²) < 4.78 is 5.02. The molecule has 0 saturated heterocycles. The topological polar surface area (TPSA) is 58.6 Å². The van der Waals surface area contributed by atoms with Crippen molar-refractivity contribution in [3.05, 3.63) is 29.3 Å². The standard InChI is InChI=1S/C14H20ClNO3S/c1-10(20-13-5-3-11(15)4-6-13)14(18)16-12(7-8-17)9-19-2/h3-6,10,12,17H,7-9H2,1-2H3,(H,16,18). The van der Waals surface area contributed by atoms with E-state index >= 15 is 0 Å². The smallest absolute Gasteiger partial charge is 0.233 e. The minimum Gasteiger partial charge on any atom is -0.396 e. The molecular formula is C14H20ClNO3S. The number of thioether (sulfide) groups is 1. The lowest BCUT2D eigenvalue weighted by Gasteiger charge is -2.19. The molecule has 1 aromatic carbocycles. The van der Waals surface area contributed by atoms with Crippen molar-refractivity contribution in [1.82, 2.24) is 5.32 Å². The van der Waals surface area contributed by atoms with Crippen LogP contribution < -0.4 is 5.32 Å². The summed E-state index contributed by atoms with van der Waals surface area (Å²) in [5.74, 6) is -0.0690. The number of ether oxygens (including phenoxy) is 1. The molecule has 1 rings (SSSR count). The maximum Gasteiger partial charge on any atom is 0.233 e. The number of carbonyl (C=O) groups excluding carboxylic acids is 1. The molecular weight excluding hydrogens is 298 g/mol. The summed E-state index contributed by atoms with van der Waals surface area (Å²) >= 11 is 7.29. The lowest BCUT2D eigenvalue weighted by Crippen LogP contribution is -2.42.